The second-order valence-corrected chi connectivity index (χ2v) is 12.0. The molecule has 2 heterocycles. The Labute approximate surface area is 290 Å². The van der Waals surface area contributed by atoms with E-state index in [1.165, 1.54) is 38.2 Å². The monoisotopic (exact) mass is 663 g/mol. The summed E-state index contributed by atoms with van der Waals surface area (Å²) < 4.78 is 15.5. The number of ketones is 1. The van der Waals surface area contributed by atoms with Gasteiger partial charge in [0, 0.05) is 24.4 Å². The molecule has 4 aromatic rings. The van der Waals surface area contributed by atoms with Crippen molar-refractivity contribution in [2.45, 2.75) is 63.1 Å². The Balaban J connectivity index is 0.000000172. The highest BCUT2D eigenvalue weighted by Gasteiger charge is 2.56. The molecule has 1 N–H and O–H groups in total. The third-order valence-electron chi connectivity index (χ3n) is 8.91. The van der Waals surface area contributed by atoms with Gasteiger partial charge >= 0.3 is 19.0 Å². The van der Waals surface area contributed by atoms with Crippen LogP contribution >= 0.6 is 0 Å². The van der Waals surface area contributed by atoms with Gasteiger partial charge in [-0.05, 0) is 49.3 Å². The molecule has 8 nitrogen and oxygen atoms in total. The summed E-state index contributed by atoms with van der Waals surface area (Å²) in [6, 6.07) is 40.1. The molecule has 0 radical (unpaired) electrons. The van der Waals surface area contributed by atoms with Crippen LogP contribution < -0.4 is 0 Å². The first kappa shape index (κ1) is 37.3. The Morgan fingerprint density at radius 2 is 1.27 bits per heavy atom. The number of carbonyl (C=O) groups is 3. The lowest BCUT2D eigenvalue weighted by Gasteiger charge is -2.36. The van der Waals surface area contributed by atoms with E-state index in [-0.39, 0.29) is 49.6 Å². The minimum Gasteiger partial charge on any atom is -0.469 e. The lowest BCUT2D eigenvalue weighted by atomic mass is 9.79. The fraction of sp³-hybridized carbons (Fsp3) is 0.325. The predicted molar refractivity (Wildman–Crippen MR) is 191 cm³/mol. The molecular formula is C40H46BNO7. The smallest absolute Gasteiger partial charge is 0.380 e. The van der Waals surface area contributed by atoms with E-state index in [9.17, 15) is 19.5 Å². The topological polar surface area (TPSA) is 102 Å². The number of nitrogens with zero attached hydrogens (tertiary/aromatic N) is 1. The molecular weight excluding hydrogens is 617 g/mol. The van der Waals surface area contributed by atoms with Crippen molar-refractivity contribution in [3.63, 3.8) is 0 Å². The standard InChI is InChI=1S/C18H20BNO.C11H14O3.C11H12O3/c1-19-20-14-8-13-17(20)18(21-19,15-9-4-2-5-10-15)16-11-6-3-7-12-16;2*1-14-11(13)8-7-10(12)9-5-3-2-4-6-9/h2-7,9-12,17H,8,13-14H2,1H3;2-6,10,12H,7-8H2,1H3;2-6H,7-8H2,1H3/t;10-;/m.1./s1. The maximum Gasteiger partial charge on any atom is 0.380 e. The predicted octanol–water partition coefficient (Wildman–Crippen LogP) is 7.04. The Hall–Kier alpha value is -4.57. The lowest BCUT2D eigenvalue weighted by molar-refractivity contribution is -0.141. The summed E-state index contributed by atoms with van der Waals surface area (Å²) in [6.07, 6.45) is 2.87. The summed E-state index contributed by atoms with van der Waals surface area (Å²) in [5.41, 5.74) is 3.70. The molecule has 4 aromatic carbocycles. The molecule has 2 aliphatic heterocycles. The number of esters is 2. The molecule has 0 aliphatic carbocycles. The molecule has 2 saturated heterocycles. The molecule has 9 heteroatoms. The highest BCUT2D eigenvalue weighted by atomic mass is 16.5. The quantitative estimate of drug-likeness (QED) is 0.110. The van der Waals surface area contributed by atoms with Gasteiger partial charge in [0.1, 0.15) is 5.60 Å². The molecule has 2 aliphatic rings. The van der Waals surface area contributed by atoms with Gasteiger partial charge in [-0.3, -0.25) is 14.4 Å². The van der Waals surface area contributed by atoms with Gasteiger partial charge in [-0.25, -0.2) is 0 Å². The van der Waals surface area contributed by atoms with Crippen LogP contribution in [0.15, 0.2) is 121 Å². The fourth-order valence-electron chi connectivity index (χ4n) is 6.42. The van der Waals surface area contributed by atoms with Gasteiger partial charge in [-0.1, -0.05) is 121 Å². The zero-order valence-electron chi connectivity index (χ0n) is 28.6. The van der Waals surface area contributed by atoms with Crippen LogP contribution in [-0.2, 0) is 29.3 Å². The number of aliphatic hydroxyl groups excluding tert-OH is 1. The summed E-state index contributed by atoms with van der Waals surface area (Å²) in [5, 5.41) is 9.66. The van der Waals surface area contributed by atoms with Crippen molar-refractivity contribution in [2.75, 3.05) is 20.8 Å². The van der Waals surface area contributed by atoms with E-state index in [2.05, 4.69) is 81.8 Å². The largest absolute Gasteiger partial charge is 0.469 e. The van der Waals surface area contributed by atoms with Crippen LogP contribution in [0.25, 0.3) is 0 Å². The minimum absolute atomic E-state index is 0.0315. The summed E-state index contributed by atoms with van der Waals surface area (Å²) >= 11 is 0. The van der Waals surface area contributed by atoms with Crippen LogP contribution in [0.5, 0.6) is 0 Å². The number of methoxy groups -OCH3 is 2. The number of ether oxygens (including phenoxy) is 2. The Bertz CT molecular complexity index is 1550. The van der Waals surface area contributed by atoms with Crippen molar-refractivity contribution in [3.8, 4) is 0 Å². The summed E-state index contributed by atoms with van der Waals surface area (Å²) in [4.78, 5) is 35.6. The molecule has 0 aromatic heterocycles. The number of carbonyl (C=O) groups excluding carboxylic acids is 3. The van der Waals surface area contributed by atoms with E-state index >= 15 is 0 Å². The number of Topliss-reactive ketones (excluding diaryl/α,β-unsaturated/α-hetero) is 1. The van der Waals surface area contributed by atoms with Crippen LogP contribution in [0.4, 0.5) is 0 Å². The Morgan fingerprint density at radius 1 is 0.776 bits per heavy atom. The zero-order valence-corrected chi connectivity index (χ0v) is 28.6. The molecule has 0 bridgehead atoms. The Kier molecular flexibility index (Phi) is 14.3. The molecule has 2 fully saturated rings. The van der Waals surface area contributed by atoms with E-state index in [4.69, 9.17) is 4.65 Å². The number of rotatable bonds is 10. The van der Waals surface area contributed by atoms with E-state index < -0.39 is 6.10 Å². The first-order valence-corrected chi connectivity index (χ1v) is 16.8. The number of fused-ring (bicyclic) bond motifs is 1. The van der Waals surface area contributed by atoms with Crippen LogP contribution in [0.1, 0.15) is 71.7 Å². The van der Waals surface area contributed by atoms with Crippen molar-refractivity contribution >= 4 is 24.8 Å². The van der Waals surface area contributed by atoms with Crippen LogP contribution in [0.2, 0.25) is 6.82 Å². The van der Waals surface area contributed by atoms with Crippen LogP contribution in [0, 0.1) is 0 Å². The van der Waals surface area contributed by atoms with Gasteiger partial charge in [0.15, 0.2) is 5.78 Å². The number of benzene rings is 4. The van der Waals surface area contributed by atoms with Crippen molar-refractivity contribution < 1.29 is 33.6 Å². The van der Waals surface area contributed by atoms with Gasteiger partial charge in [0.25, 0.3) is 0 Å². The molecule has 6 rings (SSSR count). The van der Waals surface area contributed by atoms with Gasteiger partial charge in [-0.2, -0.15) is 0 Å². The molecule has 0 spiro atoms. The van der Waals surface area contributed by atoms with Gasteiger partial charge in [0.05, 0.1) is 26.7 Å². The fourth-order valence-corrected chi connectivity index (χ4v) is 6.42. The van der Waals surface area contributed by atoms with Crippen LogP contribution in [0.3, 0.4) is 0 Å². The average Bonchev–Trinajstić information content (AvgIpc) is 3.77. The van der Waals surface area contributed by atoms with E-state index in [0.29, 0.717) is 18.0 Å². The third-order valence-corrected chi connectivity index (χ3v) is 8.91. The number of aliphatic hydroxyl groups is 1. The highest BCUT2D eigenvalue weighted by molar-refractivity contribution is 6.48. The third kappa shape index (κ3) is 9.98. The van der Waals surface area contributed by atoms with E-state index in [0.717, 1.165) is 12.1 Å². The van der Waals surface area contributed by atoms with E-state index in [1.807, 2.05) is 36.4 Å². The van der Waals surface area contributed by atoms with Crippen molar-refractivity contribution in [1.29, 1.82) is 0 Å². The first-order valence-electron chi connectivity index (χ1n) is 16.8. The van der Waals surface area contributed by atoms with Crippen molar-refractivity contribution in [2.24, 2.45) is 0 Å². The maximum absolute atomic E-state index is 11.5. The van der Waals surface area contributed by atoms with Crippen molar-refractivity contribution in [3.05, 3.63) is 144 Å². The zero-order chi connectivity index (χ0) is 35.1. The Morgan fingerprint density at radius 3 is 1.80 bits per heavy atom. The second-order valence-electron chi connectivity index (χ2n) is 12.0. The number of hydrogen-bond acceptors (Lipinski definition) is 8. The van der Waals surface area contributed by atoms with Crippen LogP contribution in [-0.4, -0.2) is 61.5 Å². The normalized spacial score (nSPS) is 16.6. The lowest BCUT2D eigenvalue weighted by Crippen LogP contribution is -2.41. The molecule has 0 amide bonds. The average molecular weight is 664 g/mol. The molecule has 2 atom stereocenters. The summed E-state index contributed by atoms with van der Waals surface area (Å²) in [6.45, 7) is 3.33. The van der Waals surface area contributed by atoms with Crippen molar-refractivity contribution in [1.82, 2.24) is 4.81 Å². The molecule has 256 valence electrons. The SMILES string of the molecule is CB1OC(c2ccccc2)(c2ccccc2)C2CCCN12.COC(=O)CCC(=O)c1ccccc1.COC(=O)CC[C@@H](O)c1ccccc1. The van der Waals surface area contributed by atoms with E-state index in [1.54, 1.807) is 24.3 Å². The molecule has 1 unspecified atom stereocenters. The second kappa shape index (κ2) is 18.8. The number of hydrogen-bond donors (Lipinski definition) is 1. The van der Waals surface area contributed by atoms with Gasteiger partial charge < -0.3 is 24.0 Å². The first-order chi connectivity index (χ1) is 23.8. The van der Waals surface area contributed by atoms with Gasteiger partial charge in [0.2, 0.25) is 0 Å². The summed E-state index contributed by atoms with van der Waals surface area (Å²) in [5.74, 6) is -0.676. The minimum atomic E-state index is -0.588. The van der Waals surface area contributed by atoms with Gasteiger partial charge in [-0.15, -0.1) is 0 Å². The molecule has 49 heavy (non-hydrogen) atoms. The summed E-state index contributed by atoms with van der Waals surface area (Å²) in [7, 11) is 2.84. The molecule has 0 saturated carbocycles. The highest BCUT2D eigenvalue weighted by Crippen LogP contribution is 2.48. The maximum atomic E-state index is 11.5.